The molecule has 0 bridgehead atoms. The molecule has 3 rings (SSSR count). The third-order valence-corrected chi connectivity index (χ3v) is 3.91. The number of nitrogens with one attached hydrogen (secondary N) is 1. The number of halogens is 1. The lowest BCUT2D eigenvalue weighted by Crippen LogP contribution is -2.22. The van der Waals surface area contributed by atoms with Gasteiger partial charge in [-0.15, -0.1) is 11.6 Å². The quantitative estimate of drug-likeness (QED) is 0.571. The van der Waals surface area contributed by atoms with Gasteiger partial charge in [0.05, 0.1) is 11.0 Å². The first-order chi connectivity index (χ1) is 10.8. The van der Waals surface area contributed by atoms with E-state index in [0.717, 1.165) is 27.4 Å². The molecule has 22 heavy (non-hydrogen) atoms. The van der Waals surface area contributed by atoms with Gasteiger partial charge in [0.15, 0.2) is 0 Å². The van der Waals surface area contributed by atoms with Crippen LogP contribution in [-0.2, 0) is 11.3 Å². The molecule has 112 valence electrons. The number of rotatable bonds is 5. The number of benzene rings is 2. The maximum atomic E-state index is 11.7. The molecule has 0 aliphatic heterocycles. The Morgan fingerprint density at radius 1 is 1.09 bits per heavy atom. The third kappa shape index (κ3) is 3.20. The minimum Gasteiger partial charge on any atom is -0.352 e. The maximum absolute atomic E-state index is 11.7. The number of carbonyl (C=O) groups excluding carboxylic acids is 1. The van der Waals surface area contributed by atoms with E-state index in [4.69, 9.17) is 16.6 Å². The van der Waals surface area contributed by atoms with Crippen LogP contribution in [0.2, 0.25) is 0 Å². The molecule has 1 heterocycles. The largest absolute Gasteiger partial charge is 0.352 e. The molecule has 4 heteroatoms. The van der Waals surface area contributed by atoms with Gasteiger partial charge >= 0.3 is 0 Å². The Hall–Kier alpha value is -2.13. The number of hydrogen-bond acceptors (Lipinski definition) is 2. The van der Waals surface area contributed by atoms with E-state index in [2.05, 4.69) is 17.4 Å². The van der Waals surface area contributed by atoms with Gasteiger partial charge in [0.25, 0.3) is 0 Å². The number of fused-ring (bicyclic) bond motifs is 2. The van der Waals surface area contributed by atoms with Crippen molar-refractivity contribution in [1.29, 1.82) is 0 Å². The number of carbonyl (C=O) groups is 1. The second kappa shape index (κ2) is 6.75. The minimum atomic E-state index is 0.0263. The summed E-state index contributed by atoms with van der Waals surface area (Å²) in [5.41, 5.74) is 2.94. The molecule has 0 saturated carbocycles. The number of hydrogen-bond donors (Lipinski definition) is 1. The summed E-state index contributed by atoms with van der Waals surface area (Å²) in [6, 6.07) is 16.2. The third-order valence-electron chi connectivity index (χ3n) is 3.64. The van der Waals surface area contributed by atoms with Gasteiger partial charge in [-0.25, -0.2) is 4.98 Å². The molecular formula is C18H17ClN2O. The highest BCUT2D eigenvalue weighted by Crippen LogP contribution is 2.22. The van der Waals surface area contributed by atoms with E-state index in [0.29, 0.717) is 25.3 Å². The molecule has 0 fully saturated rings. The van der Waals surface area contributed by atoms with E-state index in [1.165, 1.54) is 0 Å². The summed E-state index contributed by atoms with van der Waals surface area (Å²) in [4.78, 5) is 16.5. The van der Waals surface area contributed by atoms with E-state index >= 15 is 0 Å². The number of nitrogens with zero attached hydrogens (tertiary/aromatic N) is 1. The van der Waals surface area contributed by atoms with E-state index in [1.54, 1.807) is 0 Å². The molecular weight excluding hydrogens is 296 g/mol. The molecule has 0 aliphatic carbocycles. The van der Waals surface area contributed by atoms with Crippen molar-refractivity contribution in [2.24, 2.45) is 0 Å². The van der Waals surface area contributed by atoms with E-state index in [1.807, 2.05) is 36.4 Å². The summed E-state index contributed by atoms with van der Waals surface area (Å²) in [7, 11) is 0. The van der Waals surface area contributed by atoms with Gasteiger partial charge in [-0.2, -0.15) is 0 Å². The Labute approximate surface area is 134 Å². The molecule has 0 radical (unpaired) electrons. The molecule has 0 unspecified atom stereocenters. The van der Waals surface area contributed by atoms with Crippen LogP contribution in [0.4, 0.5) is 0 Å². The minimum absolute atomic E-state index is 0.0263. The van der Waals surface area contributed by atoms with Gasteiger partial charge in [0.2, 0.25) is 5.91 Å². The van der Waals surface area contributed by atoms with Gasteiger partial charge in [-0.1, -0.05) is 36.4 Å². The Morgan fingerprint density at radius 3 is 2.77 bits per heavy atom. The highest BCUT2D eigenvalue weighted by atomic mass is 35.5. The highest BCUT2D eigenvalue weighted by Gasteiger charge is 2.06. The zero-order chi connectivity index (χ0) is 15.4. The standard InChI is InChI=1S/C18H17ClN2O/c19-10-4-9-17(22)20-12-15-7-3-6-14-11-13-5-1-2-8-16(13)21-18(14)15/h1-3,5-8,11H,4,9-10,12H2,(H,20,22). The smallest absolute Gasteiger partial charge is 0.220 e. The number of aromatic nitrogens is 1. The fraction of sp³-hybridized carbons (Fsp3) is 0.222. The van der Waals surface area contributed by atoms with Gasteiger partial charge < -0.3 is 5.32 Å². The van der Waals surface area contributed by atoms with Crippen molar-refractivity contribution in [3.63, 3.8) is 0 Å². The monoisotopic (exact) mass is 312 g/mol. The first-order valence-corrected chi connectivity index (χ1v) is 7.91. The Kier molecular flexibility index (Phi) is 4.54. The van der Waals surface area contributed by atoms with Crippen molar-refractivity contribution in [2.75, 3.05) is 5.88 Å². The maximum Gasteiger partial charge on any atom is 0.220 e. The number of para-hydroxylation sites is 2. The Bertz CT molecular complexity index is 816. The summed E-state index contributed by atoms with van der Waals surface area (Å²) in [6.45, 7) is 0.490. The first kappa shape index (κ1) is 14.8. The summed E-state index contributed by atoms with van der Waals surface area (Å²) in [6.07, 6.45) is 1.16. The van der Waals surface area contributed by atoms with E-state index in [-0.39, 0.29) is 5.91 Å². The molecule has 0 saturated heterocycles. The zero-order valence-corrected chi connectivity index (χ0v) is 12.9. The molecule has 3 aromatic rings. The normalized spacial score (nSPS) is 11.0. The molecule has 2 aromatic carbocycles. The van der Waals surface area contributed by atoms with Gasteiger partial charge in [-0.05, 0) is 24.1 Å². The van der Waals surface area contributed by atoms with Crippen molar-refractivity contribution in [2.45, 2.75) is 19.4 Å². The average Bonchev–Trinajstić information content (AvgIpc) is 2.56. The molecule has 1 amide bonds. The highest BCUT2D eigenvalue weighted by molar-refractivity contribution is 6.17. The van der Waals surface area contributed by atoms with Crippen LogP contribution in [0.25, 0.3) is 21.8 Å². The van der Waals surface area contributed by atoms with Crippen molar-refractivity contribution in [3.8, 4) is 0 Å². The molecule has 3 nitrogen and oxygen atoms in total. The zero-order valence-electron chi connectivity index (χ0n) is 12.2. The summed E-state index contributed by atoms with van der Waals surface area (Å²) in [5, 5.41) is 5.15. The SMILES string of the molecule is O=C(CCCCl)NCc1cccc2cc3ccccc3nc12. The van der Waals surface area contributed by atoms with Gasteiger partial charge in [0.1, 0.15) is 0 Å². The Morgan fingerprint density at radius 2 is 1.91 bits per heavy atom. The van der Waals surface area contributed by atoms with Crippen LogP contribution in [0.1, 0.15) is 18.4 Å². The van der Waals surface area contributed by atoms with Crippen LogP contribution >= 0.6 is 11.6 Å². The number of alkyl halides is 1. The average molecular weight is 313 g/mol. The van der Waals surface area contributed by atoms with Crippen molar-refractivity contribution >= 4 is 39.3 Å². The molecule has 1 N–H and O–H groups in total. The lowest BCUT2D eigenvalue weighted by Gasteiger charge is -2.09. The number of pyridine rings is 1. The predicted molar refractivity (Wildman–Crippen MR) is 91.0 cm³/mol. The van der Waals surface area contributed by atoms with Crippen LogP contribution in [0.15, 0.2) is 48.5 Å². The molecule has 0 spiro atoms. The lowest BCUT2D eigenvalue weighted by molar-refractivity contribution is -0.121. The molecule has 1 aromatic heterocycles. The van der Waals surface area contributed by atoms with Crippen LogP contribution in [0, 0.1) is 0 Å². The van der Waals surface area contributed by atoms with Gasteiger partial charge in [0, 0.05) is 29.6 Å². The topological polar surface area (TPSA) is 42.0 Å². The van der Waals surface area contributed by atoms with Gasteiger partial charge in [-0.3, -0.25) is 4.79 Å². The fourth-order valence-corrected chi connectivity index (χ4v) is 2.65. The van der Waals surface area contributed by atoms with Crippen molar-refractivity contribution in [3.05, 3.63) is 54.1 Å². The molecule has 0 atom stereocenters. The van der Waals surface area contributed by atoms with Crippen molar-refractivity contribution in [1.82, 2.24) is 10.3 Å². The van der Waals surface area contributed by atoms with Crippen LogP contribution in [0.3, 0.4) is 0 Å². The fourth-order valence-electron chi connectivity index (χ4n) is 2.52. The second-order valence-electron chi connectivity index (χ2n) is 5.24. The summed E-state index contributed by atoms with van der Waals surface area (Å²) >= 11 is 5.61. The first-order valence-electron chi connectivity index (χ1n) is 7.38. The van der Waals surface area contributed by atoms with E-state index in [9.17, 15) is 4.79 Å². The predicted octanol–water partition coefficient (Wildman–Crippen LogP) is 4.02. The summed E-state index contributed by atoms with van der Waals surface area (Å²) in [5.74, 6) is 0.535. The number of amides is 1. The molecule has 0 aliphatic rings. The van der Waals surface area contributed by atoms with Crippen LogP contribution < -0.4 is 5.32 Å². The summed E-state index contributed by atoms with van der Waals surface area (Å²) < 4.78 is 0. The Balaban J connectivity index is 1.89. The lowest BCUT2D eigenvalue weighted by atomic mass is 10.1. The second-order valence-corrected chi connectivity index (χ2v) is 5.62. The van der Waals surface area contributed by atoms with E-state index < -0.39 is 0 Å². The van der Waals surface area contributed by atoms with Crippen LogP contribution in [-0.4, -0.2) is 16.8 Å². The van der Waals surface area contributed by atoms with Crippen LogP contribution in [0.5, 0.6) is 0 Å². The van der Waals surface area contributed by atoms with Crippen molar-refractivity contribution < 1.29 is 4.79 Å².